The Bertz CT molecular complexity index is 388. The van der Waals surface area contributed by atoms with E-state index in [1.54, 1.807) is 6.92 Å². The van der Waals surface area contributed by atoms with Crippen LogP contribution < -0.4 is 0 Å². The predicted octanol–water partition coefficient (Wildman–Crippen LogP) is 1.18. The summed E-state index contributed by atoms with van der Waals surface area (Å²) < 4.78 is 38.6. The van der Waals surface area contributed by atoms with E-state index in [1.165, 1.54) is 0 Å². The highest BCUT2D eigenvalue weighted by Gasteiger charge is 2.64. The first-order chi connectivity index (χ1) is 8.01. The molecule has 8 heteroatoms. The lowest BCUT2D eigenvalue weighted by atomic mass is 9.90. The highest BCUT2D eigenvalue weighted by Crippen LogP contribution is 2.38. The van der Waals surface area contributed by atoms with Crippen molar-refractivity contribution in [2.24, 2.45) is 5.92 Å². The molecule has 1 heterocycles. The number of carbonyl (C=O) groups excluding carboxylic acids is 2. The number of rotatable bonds is 2. The quantitative estimate of drug-likeness (QED) is 0.762. The molecule has 1 aliphatic heterocycles. The number of piperidine rings is 1. The molecule has 1 atom stereocenters. The van der Waals surface area contributed by atoms with Crippen molar-refractivity contribution in [3.8, 4) is 0 Å². The lowest BCUT2D eigenvalue weighted by molar-refractivity contribution is -0.234. The van der Waals surface area contributed by atoms with Gasteiger partial charge in [0.15, 0.2) is 0 Å². The maximum Gasteiger partial charge on any atom is 0.422 e. The van der Waals surface area contributed by atoms with Crippen LogP contribution in [-0.4, -0.2) is 39.5 Å². The van der Waals surface area contributed by atoms with E-state index in [-0.39, 0.29) is 23.7 Å². The molecule has 0 bridgehead atoms. The maximum absolute atomic E-state index is 12.9. The molecular weight excluding hydrogens is 255 g/mol. The summed E-state index contributed by atoms with van der Waals surface area (Å²) in [6.07, 6.45) is -5.78. The Morgan fingerprint density at radius 2 is 1.67 bits per heavy atom. The number of alkyl halides is 3. The topological polar surface area (TPSA) is 74.7 Å². The van der Waals surface area contributed by atoms with Gasteiger partial charge in [-0.2, -0.15) is 13.2 Å². The number of halogens is 3. The van der Waals surface area contributed by atoms with Gasteiger partial charge in [0.25, 0.3) is 0 Å². The van der Waals surface area contributed by atoms with E-state index in [1.807, 2.05) is 0 Å². The van der Waals surface area contributed by atoms with Crippen LogP contribution in [-0.2, 0) is 14.4 Å². The summed E-state index contributed by atoms with van der Waals surface area (Å²) in [5.74, 6) is -4.87. The second kappa shape index (κ2) is 4.25. The highest BCUT2D eigenvalue weighted by atomic mass is 19.4. The summed E-state index contributed by atoms with van der Waals surface area (Å²) in [6, 6.07) is 0. The Labute approximate surface area is 101 Å². The number of nitrogens with zero attached hydrogens (tertiary/aromatic N) is 1. The van der Waals surface area contributed by atoms with Gasteiger partial charge in [-0.15, -0.1) is 0 Å². The average molecular weight is 267 g/mol. The Morgan fingerprint density at radius 1 is 1.28 bits per heavy atom. The van der Waals surface area contributed by atoms with Crippen LogP contribution in [0.1, 0.15) is 26.7 Å². The predicted molar refractivity (Wildman–Crippen MR) is 52.3 cm³/mol. The van der Waals surface area contributed by atoms with Crippen molar-refractivity contribution in [2.45, 2.75) is 38.4 Å². The molecule has 0 spiro atoms. The van der Waals surface area contributed by atoms with Crippen LogP contribution in [0, 0.1) is 5.92 Å². The molecule has 0 saturated carbocycles. The molecule has 102 valence electrons. The van der Waals surface area contributed by atoms with E-state index in [0.717, 1.165) is 0 Å². The van der Waals surface area contributed by atoms with Crippen LogP contribution in [0.3, 0.4) is 0 Å². The summed E-state index contributed by atoms with van der Waals surface area (Å²) in [5.41, 5.74) is -3.51. The molecule has 0 aromatic heterocycles. The molecule has 0 aromatic rings. The van der Waals surface area contributed by atoms with Gasteiger partial charge in [-0.1, -0.05) is 6.92 Å². The van der Waals surface area contributed by atoms with Crippen LogP contribution in [0.15, 0.2) is 0 Å². The SMILES string of the molecule is CC1CC(=O)N(C(C)(C(=O)O)C(F)(F)F)C(=O)C1. The van der Waals surface area contributed by atoms with Crippen molar-refractivity contribution < 1.29 is 32.7 Å². The molecule has 5 nitrogen and oxygen atoms in total. The number of hydrogen-bond acceptors (Lipinski definition) is 3. The molecule has 1 N–H and O–H groups in total. The lowest BCUT2D eigenvalue weighted by Gasteiger charge is -2.40. The van der Waals surface area contributed by atoms with Crippen molar-refractivity contribution in [2.75, 3.05) is 0 Å². The van der Waals surface area contributed by atoms with Gasteiger partial charge in [0.05, 0.1) is 0 Å². The average Bonchev–Trinajstić information content (AvgIpc) is 2.13. The second-order valence-corrected chi connectivity index (χ2v) is 4.51. The van der Waals surface area contributed by atoms with Gasteiger partial charge in [0, 0.05) is 12.8 Å². The Kier molecular flexibility index (Phi) is 3.42. The fourth-order valence-corrected chi connectivity index (χ4v) is 1.83. The number of imide groups is 1. The minimum Gasteiger partial charge on any atom is -0.479 e. The van der Waals surface area contributed by atoms with E-state index in [0.29, 0.717) is 6.92 Å². The van der Waals surface area contributed by atoms with Gasteiger partial charge < -0.3 is 5.11 Å². The van der Waals surface area contributed by atoms with Crippen molar-refractivity contribution in [3.63, 3.8) is 0 Å². The molecule has 18 heavy (non-hydrogen) atoms. The fraction of sp³-hybridized carbons (Fsp3) is 0.700. The molecule has 2 amide bonds. The van der Waals surface area contributed by atoms with Crippen LogP contribution >= 0.6 is 0 Å². The summed E-state index contributed by atoms with van der Waals surface area (Å²) in [7, 11) is 0. The van der Waals surface area contributed by atoms with E-state index in [9.17, 15) is 27.6 Å². The zero-order valence-corrected chi connectivity index (χ0v) is 9.74. The molecule has 1 unspecified atom stereocenters. The minimum absolute atomic E-state index is 0.171. The minimum atomic E-state index is -5.23. The number of amides is 2. The largest absolute Gasteiger partial charge is 0.479 e. The second-order valence-electron chi connectivity index (χ2n) is 4.51. The first-order valence-corrected chi connectivity index (χ1v) is 5.17. The van der Waals surface area contributed by atoms with Crippen LogP contribution in [0.25, 0.3) is 0 Å². The van der Waals surface area contributed by atoms with Crippen molar-refractivity contribution in [1.29, 1.82) is 0 Å². The van der Waals surface area contributed by atoms with Crippen LogP contribution in [0.4, 0.5) is 13.2 Å². The number of carboxylic acids is 1. The highest BCUT2D eigenvalue weighted by molar-refractivity contribution is 6.03. The fourth-order valence-electron chi connectivity index (χ4n) is 1.83. The summed E-state index contributed by atoms with van der Waals surface area (Å²) >= 11 is 0. The van der Waals surface area contributed by atoms with Gasteiger partial charge in [0.2, 0.25) is 17.4 Å². The molecule has 1 rings (SSSR count). The Hall–Kier alpha value is -1.60. The van der Waals surface area contributed by atoms with Crippen molar-refractivity contribution >= 4 is 17.8 Å². The molecule has 0 aromatic carbocycles. The summed E-state index contributed by atoms with van der Waals surface area (Å²) in [4.78, 5) is 33.8. The monoisotopic (exact) mass is 267 g/mol. The molecule has 0 aliphatic carbocycles. The Morgan fingerprint density at radius 3 is 1.94 bits per heavy atom. The number of likely N-dealkylation sites (tertiary alicyclic amines) is 1. The van der Waals surface area contributed by atoms with Gasteiger partial charge in [0.1, 0.15) is 0 Å². The van der Waals surface area contributed by atoms with Gasteiger partial charge in [-0.3, -0.25) is 14.5 Å². The first kappa shape index (κ1) is 14.5. The zero-order valence-electron chi connectivity index (χ0n) is 9.74. The first-order valence-electron chi connectivity index (χ1n) is 5.17. The van der Waals surface area contributed by atoms with Gasteiger partial charge >= 0.3 is 12.1 Å². The van der Waals surface area contributed by atoms with E-state index in [2.05, 4.69) is 0 Å². The molecule has 1 fully saturated rings. The van der Waals surface area contributed by atoms with Gasteiger partial charge in [-0.25, -0.2) is 4.79 Å². The number of carboxylic acid groups (broad SMARTS) is 1. The number of aliphatic carboxylic acids is 1. The summed E-state index contributed by atoms with van der Waals surface area (Å²) in [6.45, 7) is 1.86. The van der Waals surface area contributed by atoms with Crippen LogP contribution in [0.2, 0.25) is 0 Å². The van der Waals surface area contributed by atoms with E-state index < -0.39 is 29.5 Å². The maximum atomic E-state index is 12.9. The molecule has 0 radical (unpaired) electrons. The molecule has 1 saturated heterocycles. The standard InChI is InChI=1S/C10H12F3NO4/c1-5-3-6(15)14(7(16)4-5)9(2,8(17)18)10(11,12)13/h5H,3-4H2,1-2H3,(H,17,18). The Balaban J connectivity index is 3.27. The molecular formula is C10H12F3NO4. The number of carbonyl (C=O) groups is 3. The van der Waals surface area contributed by atoms with E-state index in [4.69, 9.17) is 5.11 Å². The van der Waals surface area contributed by atoms with Gasteiger partial charge in [-0.05, 0) is 12.8 Å². The van der Waals surface area contributed by atoms with Crippen LogP contribution in [0.5, 0.6) is 0 Å². The van der Waals surface area contributed by atoms with Crippen molar-refractivity contribution in [1.82, 2.24) is 4.90 Å². The smallest absolute Gasteiger partial charge is 0.422 e. The molecule has 1 aliphatic rings. The third kappa shape index (κ3) is 2.06. The van der Waals surface area contributed by atoms with E-state index >= 15 is 0 Å². The zero-order chi connectivity index (χ0) is 14.3. The number of hydrogen-bond donors (Lipinski definition) is 1. The lowest BCUT2D eigenvalue weighted by Crippen LogP contribution is -2.66. The normalized spacial score (nSPS) is 21.9. The summed E-state index contributed by atoms with van der Waals surface area (Å²) in [5, 5.41) is 8.76. The van der Waals surface area contributed by atoms with Crippen molar-refractivity contribution in [3.05, 3.63) is 0 Å². The third-order valence-electron chi connectivity index (χ3n) is 2.96. The third-order valence-corrected chi connectivity index (χ3v) is 2.96.